The number of fused-ring (bicyclic) bond motifs is 1. The van der Waals surface area contributed by atoms with Crippen LogP contribution in [0.4, 0.5) is 4.79 Å². The Kier molecular flexibility index (Phi) is 6.47. The van der Waals surface area contributed by atoms with Crippen LogP contribution in [0.3, 0.4) is 0 Å². The van der Waals surface area contributed by atoms with E-state index in [1.54, 1.807) is 14.1 Å². The summed E-state index contributed by atoms with van der Waals surface area (Å²) in [5.41, 5.74) is 3.79. The second kappa shape index (κ2) is 8.86. The van der Waals surface area contributed by atoms with Crippen molar-refractivity contribution in [3.63, 3.8) is 0 Å². The van der Waals surface area contributed by atoms with E-state index >= 15 is 0 Å². The van der Waals surface area contributed by atoms with E-state index in [1.165, 1.54) is 18.1 Å². The normalized spacial score (nSPS) is 20.1. The minimum atomic E-state index is -0.340. The number of hydrogen-bond donors (Lipinski definition) is 2. The number of likely N-dealkylation sites (tertiary alicyclic amines) is 1. The van der Waals surface area contributed by atoms with Gasteiger partial charge in [0, 0.05) is 25.7 Å². The summed E-state index contributed by atoms with van der Waals surface area (Å²) >= 11 is 0. The van der Waals surface area contributed by atoms with E-state index in [0.717, 1.165) is 18.5 Å². The lowest BCUT2D eigenvalue weighted by atomic mass is 10.0. The lowest BCUT2D eigenvalue weighted by Crippen LogP contribution is -2.60. The van der Waals surface area contributed by atoms with Gasteiger partial charge in [-0.1, -0.05) is 48.5 Å². The number of rotatable bonds is 4. The molecule has 1 heterocycles. The van der Waals surface area contributed by atoms with Crippen molar-refractivity contribution in [1.29, 1.82) is 0 Å². The van der Waals surface area contributed by atoms with Gasteiger partial charge in [-0.15, -0.1) is 0 Å². The van der Waals surface area contributed by atoms with Gasteiger partial charge in [-0.25, -0.2) is 9.59 Å². The van der Waals surface area contributed by atoms with Crippen LogP contribution in [-0.4, -0.2) is 66.3 Å². The van der Waals surface area contributed by atoms with Gasteiger partial charge in [0.25, 0.3) is 0 Å². The van der Waals surface area contributed by atoms with Crippen molar-refractivity contribution in [2.75, 3.05) is 33.7 Å². The standard InChI is InChI=1S/C17H25N3O3.C6H4/c1-13(21)20(3,17(23)18-2)16(14-7-5-4-6-8-14)12-19-10-9-15(22)11-19;1-2-5-4-6(5)3-1/h4-8,15-16,22H,9-12H2,1-3H3;1-4H/p+1. The Morgan fingerprint density at radius 1 is 1.17 bits per heavy atom. The molecule has 3 unspecified atom stereocenters. The van der Waals surface area contributed by atoms with E-state index < -0.39 is 0 Å². The number of imide groups is 1. The highest BCUT2D eigenvalue weighted by atomic mass is 16.3. The molecule has 1 aromatic rings. The van der Waals surface area contributed by atoms with Crippen LogP contribution in [0.1, 0.15) is 24.9 Å². The first-order chi connectivity index (χ1) is 13.9. The molecule has 154 valence electrons. The maximum Gasteiger partial charge on any atom is 0.424 e. The van der Waals surface area contributed by atoms with Crippen molar-refractivity contribution in [1.82, 2.24) is 10.2 Å². The highest BCUT2D eigenvalue weighted by Crippen LogP contribution is 2.32. The molecule has 1 aromatic carbocycles. The number of quaternary nitrogens is 1. The monoisotopic (exact) mass is 396 g/mol. The van der Waals surface area contributed by atoms with E-state index in [4.69, 9.17) is 0 Å². The van der Waals surface area contributed by atoms with E-state index in [2.05, 4.69) is 34.5 Å². The highest BCUT2D eigenvalue weighted by Gasteiger charge is 2.46. The molecule has 0 saturated carbocycles. The fourth-order valence-corrected chi connectivity index (χ4v) is 3.88. The molecule has 1 saturated heterocycles. The van der Waals surface area contributed by atoms with Crippen LogP contribution in [0.15, 0.2) is 54.6 Å². The number of likely N-dealkylation sites (N-methyl/N-ethyl adjacent to an activating group) is 1. The summed E-state index contributed by atoms with van der Waals surface area (Å²) in [6, 6.07) is 17.5. The molecular formula is C23H30N3O3+. The summed E-state index contributed by atoms with van der Waals surface area (Å²) in [5.74, 6) is -0.210. The van der Waals surface area contributed by atoms with Crippen LogP contribution in [0.2, 0.25) is 0 Å². The van der Waals surface area contributed by atoms with Crippen LogP contribution in [0.5, 0.6) is 0 Å². The molecule has 2 aliphatic carbocycles. The van der Waals surface area contributed by atoms with Gasteiger partial charge < -0.3 is 10.4 Å². The van der Waals surface area contributed by atoms with Gasteiger partial charge in [-0.3, -0.25) is 4.90 Å². The zero-order valence-corrected chi connectivity index (χ0v) is 17.3. The lowest BCUT2D eigenvalue weighted by Gasteiger charge is -2.37. The number of aliphatic hydroxyl groups is 1. The SMILES string of the molecule is CNC(=O)[N+](C)(C(C)=O)C(CN1CCC(O)C1)c1ccccc1.c1cc2cc-2c1. The predicted octanol–water partition coefficient (Wildman–Crippen LogP) is 2.79. The summed E-state index contributed by atoms with van der Waals surface area (Å²) < 4.78 is -0.340. The first-order valence-corrected chi connectivity index (χ1v) is 10.0. The van der Waals surface area contributed by atoms with Gasteiger partial charge in [0.2, 0.25) is 0 Å². The van der Waals surface area contributed by atoms with Crippen molar-refractivity contribution in [2.45, 2.75) is 25.5 Å². The number of β-amino-alcohol motifs (C(OH)–C–C–N with tert-alkyl or cyclic N) is 1. The minimum Gasteiger partial charge on any atom is -0.392 e. The van der Waals surface area contributed by atoms with Gasteiger partial charge in [0.1, 0.15) is 6.04 Å². The highest BCUT2D eigenvalue weighted by molar-refractivity contribution is 5.82. The zero-order chi connectivity index (χ0) is 21.0. The lowest BCUT2D eigenvalue weighted by molar-refractivity contribution is -0.786. The van der Waals surface area contributed by atoms with Crippen molar-refractivity contribution in [3.8, 4) is 11.1 Å². The number of hydrogen-bond acceptors (Lipinski definition) is 4. The molecule has 0 aromatic heterocycles. The zero-order valence-electron chi connectivity index (χ0n) is 17.3. The summed E-state index contributed by atoms with van der Waals surface area (Å²) in [4.78, 5) is 27.0. The predicted molar refractivity (Wildman–Crippen MR) is 113 cm³/mol. The number of nitrogens with zero attached hydrogens (tertiary/aromatic N) is 2. The van der Waals surface area contributed by atoms with Gasteiger partial charge in [0.05, 0.1) is 26.6 Å². The van der Waals surface area contributed by atoms with Crippen LogP contribution < -0.4 is 5.32 Å². The molecule has 0 bridgehead atoms. The van der Waals surface area contributed by atoms with Gasteiger partial charge >= 0.3 is 11.9 Å². The fourth-order valence-electron chi connectivity index (χ4n) is 3.88. The number of carbonyl (C=O) groups is 2. The third kappa shape index (κ3) is 4.72. The molecule has 3 aliphatic rings. The van der Waals surface area contributed by atoms with E-state index in [-0.39, 0.29) is 28.6 Å². The summed E-state index contributed by atoms with van der Waals surface area (Å²) in [6.07, 6.45) is 0.396. The number of urea groups is 1. The first-order valence-electron chi connectivity index (χ1n) is 10.0. The molecular weight excluding hydrogens is 366 g/mol. The van der Waals surface area contributed by atoms with Crippen molar-refractivity contribution in [3.05, 3.63) is 60.2 Å². The number of carbonyl (C=O) groups excluding carboxylic acids is 2. The summed E-state index contributed by atoms with van der Waals surface area (Å²) in [7, 11) is 3.20. The smallest absolute Gasteiger partial charge is 0.392 e. The quantitative estimate of drug-likeness (QED) is 0.666. The third-order valence-electron chi connectivity index (χ3n) is 5.89. The second-order valence-corrected chi connectivity index (χ2v) is 7.86. The van der Waals surface area contributed by atoms with Gasteiger partial charge in [-0.05, 0) is 23.6 Å². The molecule has 4 rings (SSSR count). The maximum absolute atomic E-state index is 12.5. The van der Waals surface area contributed by atoms with Gasteiger partial charge in [0.15, 0.2) is 0 Å². The summed E-state index contributed by atoms with van der Waals surface area (Å²) in [5, 5.41) is 12.4. The van der Waals surface area contributed by atoms with Gasteiger partial charge in [-0.2, -0.15) is 4.48 Å². The Labute approximate surface area is 172 Å². The Hall–Kier alpha value is -2.54. The first kappa shape index (κ1) is 21.2. The Bertz CT molecular complexity index is 853. The number of nitrogens with one attached hydrogen (secondary N) is 1. The molecule has 1 aliphatic heterocycles. The summed E-state index contributed by atoms with van der Waals surface area (Å²) in [6.45, 7) is 3.35. The Morgan fingerprint density at radius 2 is 1.83 bits per heavy atom. The average molecular weight is 397 g/mol. The van der Waals surface area contributed by atoms with Crippen molar-refractivity contribution >= 4 is 11.9 Å². The number of benzene rings is 2. The van der Waals surface area contributed by atoms with Crippen LogP contribution in [-0.2, 0) is 4.79 Å². The Morgan fingerprint density at radius 3 is 2.24 bits per heavy atom. The topological polar surface area (TPSA) is 69.6 Å². The minimum absolute atomic E-state index is 0.210. The molecule has 1 fully saturated rings. The largest absolute Gasteiger partial charge is 0.424 e. The van der Waals surface area contributed by atoms with Crippen LogP contribution in [0.25, 0.3) is 11.1 Å². The van der Waals surface area contributed by atoms with E-state index in [1.807, 2.05) is 30.3 Å². The van der Waals surface area contributed by atoms with E-state index in [9.17, 15) is 14.7 Å². The van der Waals surface area contributed by atoms with Crippen molar-refractivity contribution in [2.24, 2.45) is 0 Å². The van der Waals surface area contributed by atoms with E-state index in [0.29, 0.717) is 13.1 Å². The molecule has 6 heteroatoms. The molecule has 0 spiro atoms. The molecule has 0 radical (unpaired) electrons. The molecule has 3 amide bonds. The second-order valence-electron chi connectivity index (χ2n) is 7.86. The Balaban J connectivity index is 0.000000334. The number of aliphatic hydroxyl groups excluding tert-OH is 1. The maximum atomic E-state index is 12.5. The molecule has 6 nitrogen and oxygen atoms in total. The molecule has 29 heavy (non-hydrogen) atoms. The van der Waals surface area contributed by atoms with Crippen LogP contribution in [0, 0.1) is 0 Å². The van der Waals surface area contributed by atoms with Crippen molar-refractivity contribution < 1.29 is 19.2 Å². The van der Waals surface area contributed by atoms with Crippen LogP contribution >= 0.6 is 0 Å². The average Bonchev–Trinajstić information content (AvgIpc) is 3.10. The number of amides is 3. The fraction of sp³-hybridized carbons (Fsp3) is 0.391. The molecule has 2 N–H and O–H groups in total. The molecule has 3 atom stereocenters. The third-order valence-corrected chi connectivity index (χ3v) is 5.89.